The number of hydrogen-bond donors (Lipinski definition) is 2. The van der Waals surface area contributed by atoms with Crippen molar-refractivity contribution in [2.45, 2.75) is 32.0 Å². The van der Waals surface area contributed by atoms with Gasteiger partial charge in [-0.25, -0.2) is 0 Å². The molecule has 0 saturated carbocycles. The second-order valence-electron chi connectivity index (χ2n) is 5.63. The van der Waals surface area contributed by atoms with Gasteiger partial charge in [0.1, 0.15) is 0 Å². The monoisotopic (exact) mass is 343 g/mol. The van der Waals surface area contributed by atoms with Crippen molar-refractivity contribution in [3.63, 3.8) is 0 Å². The van der Waals surface area contributed by atoms with Crippen molar-refractivity contribution in [2.24, 2.45) is 0 Å². The third kappa shape index (κ3) is 4.47. The zero-order chi connectivity index (χ0) is 17.7. The predicted molar refractivity (Wildman–Crippen MR) is 83.4 cm³/mol. The van der Waals surface area contributed by atoms with Crippen LogP contribution in [-0.4, -0.2) is 42.4 Å². The van der Waals surface area contributed by atoms with Gasteiger partial charge in [-0.15, -0.1) is 0 Å². The predicted octanol–water partition coefficient (Wildman–Crippen LogP) is 2.24. The summed E-state index contributed by atoms with van der Waals surface area (Å²) in [5, 5.41) is 5.08. The van der Waals surface area contributed by atoms with Crippen LogP contribution in [0.2, 0.25) is 0 Å². The Labute approximate surface area is 138 Å². The molecule has 0 unspecified atom stereocenters. The highest BCUT2D eigenvalue weighted by Crippen LogP contribution is 2.34. The maximum atomic E-state index is 13.0. The molecule has 8 heteroatoms. The number of nitrogens with zero attached hydrogens (tertiary/aromatic N) is 1. The van der Waals surface area contributed by atoms with Gasteiger partial charge in [0.25, 0.3) is 0 Å². The van der Waals surface area contributed by atoms with Gasteiger partial charge in [-0.3, -0.25) is 14.5 Å². The molecule has 1 aliphatic rings. The number of anilines is 1. The molecular formula is C16H20F3N3O2. The molecule has 0 aromatic heterocycles. The zero-order valence-electron chi connectivity index (χ0n) is 13.3. The average Bonchev–Trinajstić information content (AvgIpc) is 2.67. The summed E-state index contributed by atoms with van der Waals surface area (Å²) < 4.78 is 38.9. The number of rotatable bonds is 4. The van der Waals surface area contributed by atoms with Crippen molar-refractivity contribution >= 4 is 17.5 Å². The standard InChI is InChI=1S/C16H20F3N3O2/c1-2-13-15(24)20-8-5-9-22(13)10-14(23)21-12-7-4-3-6-11(12)16(17,18)19/h3-4,6-7,13H,2,5,8-10H2,1H3,(H,20,24)(H,21,23)/t13-/m1/s1. The summed E-state index contributed by atoms with van der Waals surface area (Å²) in [6.07, 6.45) is -3.33. The molecule has 1 fully saturated rings. The first kappa shape index (κ1) is 18.3. The van der Waals surface area contributed by atoms with Crippen LogP contribution < -0.4 is 10.6 Å². The van der Waals surface area contributed by atoms with Crippen molar-refractivity contribution in [1.82, 2.24) is 10.2 Å². The Morgan fingerprint density at radius 3 is 2.75 bits per heavy atom. The normalized spacial score (nSPS) is 19.5. The van der Waals surface area contributed by atoms with Crippen molar-refractivity contribution in [1.29, 1.82) is 0 Å². The van der Waals surface area contributed by atoms with E-state index in [0.717, 1.165) is 6.07 Å². The van der Waals surface area contributed by atoms with E-state index in [1.54, 1.807) is 4.90 Å². The van der Waals surface area contributed by atoms with E-state index in [1.807, 2.05) is 6.92 Å². The van der Waals surface area contributed by atoms with Gasteiger partial charge in [0.2, 0.25) is 11.8 Å². The summed E-state index contributed by atoms with van der Waals surface area (Å²) in [6.45, 7) is 2.77. The lowest BCUT2D eigenvalue weighted by Gasteiger charge is -2.26. The highest BCUT2D eigenvalue weighted by atomic mass is 19.4. The van der Waals surface area contributed by atoms with Crippen LogP contribution in [0.3, 0.4) is 0 Å². The second-order valence-corrected chi connectivity index (χ2v) is 5.63. The third-order valence-electron chi connectivity index (χ3n) is 3.90. The molecule has 1 heterocycles. The van der Waals surface area contributed by atoms with E-state index in [9.17, 15) is 22.8 Å². The fourth-order valence-electron chi connectivity index (χ4n) is 2.78. The van der Waals surface area contributed by atoms with Crippen molar-refractivity contribution in [3.05, 3.63) is 29.8 Å². The quantitative estimate of drug-likeness (QED) is 0.881. The lowest BCUT2D eigenvalue weighted by molar-refractivity contribution is -0.137. The van der Waals surface area contributed by atoms with Gasteiger partial charge in [-0.05, 0) is 25.0 Å². The van der Waals surface area contributed by atoms with Crippen LogP contribution in [0.5, 0.6) is 0 Å². The summed E-state index contributed by atoms with van der Waals surface area (Å²) >= 11 is 0. The zero-order valence-corrected chi connectivity index (χ0v) is 13.3. The van der Waals surface area contributed by atoms with E-state index in [4.69, 9.17) is 0 Å². The van der Waals surface area contributed by atoms with Gasteiger partial charge in [0, 0.05) is 13.1 Å². The molecule has 24 heavy (non-hydrogen) atoms. The van der Waals surface area contributed by atoms with Crippen LogP contribution in [0.25, 0.3) is 0 Å². The van der Waals surface area contributed by atoms with Gasteiger partial charge >= 0.3 is 6.18 Å². The number of alkyl halides is 3. The molecule has 5 nitrogen and oxygen atoms in total. The van der Waals surface area contributed by atoms with Crippen LogP contribution in [0.4, 0.5) is 18.9 Å². The Balaban J connectivity index is 2.09. The number of para-hydroxylation sites is 1. The summed E-state index contributed by atoms with van der Waals surface area (Å²) in [7, 11) is 0. The molecule has 2 amide bonds. The van der Waals surface area contributed by atoms with Crippen molar-refractivity contribution in [2.75, 3.05) is 25.0 Å². The largest absolute Gasteiger partial charge is 0.418 e. The van der Waals surface area contributed by atoms with Gasteiger partial charge in [-0.1, -0.05) is 19.1 Å². The van der Waals surface area contributed by atoms with E-state index in [2.05, 4.69) is 10.6 Å². The minimum Gasteiger partial charge on any atom is -0.355 e. The number of benzene rings is 1. The van der Waals surface area contributed by atoms with Crippen LogP contribution >= 0.6 is 0 Å². The Morgan fingerprint density at radius 2 is 2.08 bits per heavy atom. The van der Waals surface area contributed by atoms with E-state index in [0.29, 0.717) is 25.9 Å². The maximum Gasteiger partial charge on any atom is 0.418 e. The highest BCUT2D eigenvalue weighted by molar-refractivity contribution is 5.93. The van der Waals surface area contributed by atoms with E-state index < -0.39 is 23.7 Å². The molecule has 0 spiro atoms. The third-order valence-corrected chi connectivity index (χ3v) is 3.90. The molecular weight excluding hydrogens is 323 g/mol. The molecule has 1 aromatic rings. The molecule has 0 bridgehead atoms. The highest BCUT2D eigenvalue weighted by Gasteiger charge is 2.34. The number of amides is 2. The van der Waals surface area contributed by atoms with E-state index in [1.165, 1.54) is 18.2 Å². The molecule has 132 valence electrons. The summed E-state index contributed by atoms with van der Waals surface area (Å²) in [5.74, 6) is -0.724. The van der Waals surface area contributed by atoms with Crippen LogP contribution in [-0.2, 0) is 15.8 Å². The maximum absolute atomic E-state index is 13.0. The molecule has 1 saturated heterocycles. The number of carbonyl (C=O) groups is 2. The summed E-state index contributed by atoms with van der Waals surface area (Å²) in [4.78, 5) is 25.8. The number of halogens is 3. The Bertz CT molecular complexity index is 604. The number of hydrogen-bond acceptors (Lipinski definition) is 3. The molecule has 2 N–H and O–H groups in total. The smallest absolute Gasteiger partial charge is 0.355 e. The first-order valence-corrected chi connectivity index (χ1v) is 7.80. The summed E-state index contributed by atoms with van der Waals surface area (Å²) in [5.41, 5.74) is -1.17. The lowest BCUT2D eigenvalue weighted by atomic mass is 10.1. The Hall–Kier alpha value is -2.09. The van der Waals surface area contributed by atoms with E-state index in [-0.39, 0.29) is 18.1 Å². The first-order valence-electron chi connectivity index (χ1n) is 7.80. The first-order chi connectivity index (χ1) is 11.3. The second kappa shape index (κ2) is 7.65. The number of nitrogens with one attached hydrogen (secondary N) is 2. The SMILES string of the molecule is CC[C@@H]1C(=O)NCCCN1CC(=O)Nc1ccccc1C(F)(F)F. The molecule has 1 aliphatic heterocycles. The fraction of sp³-hybridized carbons (Fsp3) is 0.500. The lowest BCUT2D eigenvalue weighted by Crippen LogP contribution is -2.46. The van der Waals surface area contributed by atoms with Crippen molar-refractivity contribution < 1.29 is 22.8 Å². The van der Waals surface area contributed by atoms with Crippen molar-refractivity contribution in [3.8, 4) is 0 Å². The molecule has 0 radical (unpaired) electrons. The van der Waals surface area contributed by atoms with Gasteiger partial charge in [0.05, 0.1) is 23.8 Å². The van der Waals surface area contributed by atoms with Gasteiger partial charge in [0.15, 0.2) is 0 Å². The molecule has 1 atom stereocenters. The van der Waals surface area contributed by atoms with Crippen LogP contribution in [0.15, 0.2) is 24.3 Å². The van der Waals surface area contributed by atoms with Gasteiger partial charge < -0.3 is 10.6 Å². The Kier molecular flexibility index (Phi) is 5.82. The molecule has 2 rings (SSSR count). The molecule has 0 aliphatic carbocycles. The Morgan fingerprint density at radius 1 is 1.38 bits per heavy atom. The minimum atomic E-state index is -4.54. The van der Waals surface area contributed by atoms with Crippen LogP contribution in [0, 0.1) is 0 Å². The molecule has 1 aromatic carbocycles. The average molecular weight is 343 g/mol. The fourth-order valence-corrected chi connectivity index (χ4v) is 2.78. The van der Waals surface area contributed by atoms with E-state index >= 15 is 0 Å². The van der Waals surface area contributed by atoms with Gasteiger partial charge in [-0.2, -0.15) is 13.2 Å². The summed E-state index contributed by atoms with van der Waals surface area (Å²) in [6, 6.07) is 4.39. The topological polar surface area (TPSA) is 61.4 Å². The number of carbonyl (C=O) groups excluding carboxylic acids is 2. The van der Waals surface area contributed by atoms with Crippen LogP contribution in [0.1, 0.15) is 25.3 Å². The minimum absolute atomic E-state index is 0.127.